The zero-order valence-corrected chi connectivity index (χ0v) is 12.3. The highest BCUT2D eigenvalue weighted by atomic mass is 16.2. The fourth-order valence-corrected chi connectivity index (χ4v) is 3.28. The van der Waals surface area contributed by atoms with Crippen LogP contribution in [0.25, 0.3) is 0 Å². The monoisotopic (exact) mass is 277 g/mol. The maximum atomic E-state index is 11.3. The van der Waals surface area contributed by atoms with Gasteiger partial charge >= 0.3 is 0 Å². The normalized spacial score (nSPS) is 21.0. The molecule has 1 aromatic rings. The molecule has 2 aliphatic rings. The Kier molecular flexibility index (Phi) is 3.74. The van der Waals surface area contributed by atoms with Gasteiger partial charge in [0, 0.05) is 39.0 Å². The summed E-state index contributed by atoms with van der Waals surface area (Å²) in [6.45, 7) is 6.57. The average molecular weight is 277 g/mol. The molecule has 0 spiro atoms. The average Bonchev–Trinajstić information content (AvgIpc) is 3.01. The van der Waals surface area contributed by atoms with Crippen LogP contribution < -0.4 is 5.32 Å². The predicted octanol–water partition coefficient (Wildman–Crippen LogP) is 0.886. The van der Waals surface area contributed by atoms with Gasteiger partial charge in [0.25, 0.3) is 0 Å². The van der Waals surface area contributed by atoms with E-state index in [0.29, 0.717) is 6.04 Å². The molecule has 0 aliphatic carbocycles. The van der Waals surface area contributed by atoms with Crippen molar-refractivity contribution in [2.45, 2.75) is 58.2 Å². The summed E-state index contributed by atoms with van der Waals surface area (Å²) in [6.07, 6.45) is 4.27. The van der Waals surface area contributed by atoms with E-state index in [1.807, 2.05) is 4.90 Å². The molecule has 0 radical (unpaired) electrons. The molecule has 1 atom stereocenters. The number of nitrogens with zero attached hydrogens (tertiary/aromatic N) is 4. The lowest BCUT2D eigenvalue weighted by Gasteiger charge is -2.33. The molecule has 1 unspecified atom stereocenters. The molecule has 1 saturated heterocycles. The van der Waals surface area contributed by atoms with Crippen LogP contribution in [0.3, 0.4) is 0 Å². The lowest BCUT2D eigenvalue weighted by atomic mass is 10.0. The molecular weight excluding hydrogens is 254 g/mol. The smallest absolute Gasteiger partial charge is 0.219 e. The number of aromatic nitrogens is 3. The first kappa shape index (κ1) is 13.5. The van der Waals surface area contributed by atoms with E-state index >= 15 is 0 Å². The Balaban J connectivity index is 1.57. The van der Waals surface area contributed by atoms with Gasteiger partial charge < -0.3 is 14.8 Å². The summed E-state index contributed by atoms with van der Waals surface area (Å²) >= 11 is 0. The maximum absolute atomic E-state index is 11.3. The number of fused-ring (bicyclic) bond motifs is 1. The number of carbonyl (C=O) groups excluding carboxylic acids is 1. The summed E-state index contributed by atoms with van der Waals surface area (Å²) in [6, 6.07) is 0.693. The van der Waals surface area contributed by atoms with Crippen molar-refractivity contribution < 1.29 is 4.79 Å². The van der Waals surface area contributed by atoms with Crippen molar-refractivity contribution in [3.63, 3.8) is 0 Å². The number of piperidine rings is 1. The number of rotatable bonds is 3. The number of carbonyl (C=O) groups is 1. The molecule has 1 amide bonds. The lowest BCUT2D eigenvalue weighted by molar-refractivity contribution is -0.129. The Hall–Kier alpha value is -1.43. The van der Waals surface area contributed by atoms with Crippen molar-refractivity contribution in [3.8, 4) is 0 Å². The summed E-state index contributed by atoms with van der Waals surface area (Å²) in [5, 5.41) is 12.2. The Morgan fingerprint density at radius 1 is 1.30 bits per heavy atom. The molecular formula is C14H23N5O. The van der Waals surface area contributed by atoms with Crippen LogP contribution in [-0.2, 0) is 17.8 Å². The van der Waals surface area contributed by atoms with Crippen molar-refractivity contribution in [1.82, 2.24) is 25.0 Å². The molecule has 110 valence electrons. The third kappa shape index (κ3) is 2.57. The number of hydrogen-bond acceptors (Lipinski definition) is 4. The molecule has 3 heterocycles. The molecule has 0 saturated carbocycles. The lowest BCUT2D eigenvalue weighted by Crippen LogP contribution is -2.45. The van der Waals surface area contributed by atoms with Gasteiger partial charge in [-0.25, -0.2) is 0 Å². The largest absolute Gasteiger partial charge is 0.343 e. The standard InChI is InChI=1S/C14H23N5O/c1-10(14-17-16-13-4-3-7-19(13)14)15-12-5-8-18(9-6-12)11(2)20/h10,12,15H,3-9H2,1-2H3. The van der Waals surface area contributed by atoms with Gasteiger partial charge in [-0.3, -0.25) is 4.79 Å². The minimum atomic E-state index is 0.187. The molecule has 6 heteroatoms. The van der Waals surface area contributed by atoms with Gasteiger partial charge in [-0.05, 0) is 26.2 Å². The summed E-state index contributed by atoms with van der Waals surface area (Å²) in [4.78, 5) is 13.3. The minimum Gasteiger partial charge on any atom is -0.343 e. The van der Waals surface area contributed by atoms with Gasteiger partial charge in [-0.1, -0.05) is 0 Å². The van der Waals surface area contributed by atoms with Gasteiger partial charge in [0.1, 0.15) is 11.6 Å². The Bertz CT molecular complexity index is 490. The molecule has 1 aromatic heterocycles. The van der Waals surface area contributed by atoms with Crippen LogP contribution in [0.5, 0.6) is 0 Å². The van der Waals surface area contributed by atoms with Crippen LogP contribution in [0.2, 0.25) is 0 Å². The molecule has 0 aromatic carbocycles. The number of likely N-dealkylation sites (tertiary alicyclic amines) is 1. The highest BCUT2D eigenvalue weighted by molar-refractivity contribution is 5.73. The maximum Gasteiger partial charge on any atom is 0.219 e. The van der Waals surface area contributed by atoms with E-state index in [1.165, 1.54) is 6.42 Å². The van der Waals surface area contributed by atoms with Gasteiger partial charge in [0.05, 0.1) is 6.04 Å². The Morgan fingerprint density at radius 3 is 2.75 bits per heavy atom. The first-order valence-corrected chi connectivity index (χ1v) is 7.58. The fourth-order valence-electron chi connectivity index (χ4n) is 3.28. The van der Waals surface area contributed by atoms with Crippen molar-refractivity contribution in [2.75, 3.05) is 13.1 Å². The second-order valence-electron chi connectivity index (χ2n) is 5.90. The second-order valence-corrected chi connectivity index (χ2v) is 5.90. The number of nitrogens with one attached hydrogen (secondary N) is 1. The van der Waals surface area contributed by atoms with Gasteiger partial charge in [-0.2, -0.15) is 0 Å². The summed E-state index contributed by atoms with van der Waals surface area (Å²) < 4.78 is 2.25. The first-order valence-electron chi connectivity index (χ1n) is 7.58. The predicted molar refractivity (Wildman–Crippen MR) is 75.2 cm³/mol. The van der Waals surface area contributed by atoms with Crippen LogP contribution in [-0.4, -0.2) is 44.7 Å². The van der Waals surface area contributed by atoms with Gasteiger partial charge in [0.2, 0.25) is 5.91 Å². The summed E-state index contributed by atoms with van der Waals surface area (Å²) in [7, 11) is 0. The van der Waals surface area contributed by atoms with Crippen molar-refractivity contribution in [2.24, 2.45) is 0 Å². The van der Waals surface area contributed by atoms with Crippen molar-refractivity contribution in [3.05, 3.63) is 11.6 Å². The van der Waals surface area contributed by atoms with E-state index in [-0.39, 0.29) is 11.9 Å². The molecule has 6 nitrogen and oxygen atoms in total. The topological polar surface area (TPSA) is 63.1 Å². The van der Waals surface area contributed by atoms with E-state index < -0.39 is 0 Å². The van der Waals surface area contributed by atoms with E-state index in [0.717, 1.165) is 50.5 Å². The van der Waals surface area contributed by atoms with Gasteiger partial charge in [-0.15, -0.1) is 10.2 Å². The van der Waals surface area contributed by atoms with Crippen LogP contribution in [0, 0.1) is 0 Å². The fraction of sp³-hybridized carbons (Fsp3) is 0.786. The van der Waals surface area contributed by atoms with Crippen molar-refractivity contribution in [1.29, 1.82) is 0 Å². The van der Waals surface area contributed by atoms with Crippen LogP contribution in [0.4, 0.5) is 0 Å². The van der Waals surface area contributed by atoms with Crippen LogP contribution >= 0.6 is 0 Å². The number of amides is 1. The molecule has 1 fully saturated rings. The summed E-state index contributed by atoms with van der Waals surface area (Å²) in [5.74, 6) is 2.37. The second kappa shape index (κ2) is 5.52. The molecule has 0 bridgehead atoms. The molecule has 20 heavy (non-hydrogen) atoms. The highest BCUT2D eigenvalue weighted by Crippen LogP contribution is 2.21. The highest BCUT2D eigenvalue weighted by Gasteiger charge is 2.25. The third-order valence-electron chi connectivity index (χ3n) is 4.45. The van der Waals surface area contributed by atoms with E-state index in [9.17, 15) is 4.79 Å². The van der Waals surface area contributed by atoms with E-state index in [2.05, 4.69) is 27.0 Å². The molecule has 3 rings (SSSR count). The molecule has 1 N–H and O–H groups in total. The van der Waals surface area contributed by atoms with E-state index in [4.69, 9.17) is 0 Å². The summed E-state index contributed by atoms with van der Waals surface area (Å²) in [5.41, 5.74) is 0. The van der Waals surface area contributed by atoms with Gasteiger partial charge in [0.15, 0.2) is 0 Å². The third-order valence-corrected chi connectivity index (χ3v) is 4.45. The van der Waals surface area contributed by atoms with Crippen molar-refractivity contribution >= 4 is 5.91 Å². The first-order chi connectivity index (χ1) is 9.65. The Morgan fingerprint density at radius 2 is 2.05 bits per heavy atom. The molecule has 2 aliphatic heterocycles. The zero-order valence-electron chi connectivity index (χ0n) is 12.3. The Labute approximate surface area is 119 Å². The number of hydrogen-bond donors (Lipinski definition) is 1. The minimum absolute atomic E-state index is 0.187. The van der Waals surface area contributed by atoms with E-state index in [1.54, 1.807) is 6.92 Å². The van der Waals surface area contributed by atoms with Crippen LogP contribution in [0.1, 0.15) is 50.8 Å². The quantitative estimate of drug-likeness (QED) is 0.891. The van der Waals surface area contributed by atoms with Crippen LogP contribution in [0.15, 0.2) is 0 Å². The SMILES string of the molecule is CC(=O)N1CCC(NC(C)c2nnc3n2CCC3)CC1. The number of aryl methyl sites for hydroxylation is 1. The zero-order chi connectivity index (χ0) is 14.1.